The van der Waals surface area contributed by atoms with Crippen LogP contribution in [0.15, 0.2) is 35.2 Å². The molecule has 140 valence electrons. The van der Waals surface area contributed by atoms with E-state index in [1.165, 1.54) is 44.6 Å². The quantitative estimate of drug-likeness (QED) is 0.697. The lowest BCUT2D eigenvalue weighted by Gasteiger charge is -2.13. The molecule has 27 heavy (non-hydrogen) atoms. The van der Waals surface area contributed by atoms with Crippen molar-refractivity contribution in [1.29, 1.82) is 0 Å². The Morgan fingerprint density at radius 2 is 1.67 bits per heavy atom. The van der Waals surface area contributed by atoms with Crippen LogP contribution in [0.4, 0.5) is 10.5 Å². The van der Waals surface area contributed by atoms with Crippen LogP contribution in [0.25, 0.3) is 6.08 Å². The molecule has 0 saturated carbocycles. The number of methoxy groups -OCH3 is 2. The van der Waals surface area contributed by atoms with Crippen molar-refractivity contribution in [3.8, 4) is 17.2 Å². The summed E-state index contributed by atoms with van der Waals surface area (Å²) in [7, 11) is 2.80. The summed E-state index contributed by atoms with van der Waals surface area (Å²) in [6, 6.07) is 7.58. The maximum Gasteiger partial charge on any atom is 0.298 e. The van der Waals surface area contributed by atoms with Crippen LogP contribution in [0.3, 0.4) is 0 Å². The Morgan fingerprint density at radius 1 is 1.04 bits per heavy atom. The number of carbonyl (C=O) groups is 2. The number of rotatable bonds is 4. The predicted octanol–water partition coefficient (Wildman–Crippen LogP) is 4.96. The highest BCUT2D eigenvalue weighted by Crippen LogP contribution is 2.41. The van der Waals surface area contributed by atoms with E-state index in [2.05, 4.69) is 0 Å². The van der Waals surface area contributed by atoms with Gasteiger partial charge in [0.15, 0.2) is 11.5 Å². The van der Waals surface area contributed by atoms with E-state index in [0.29, 0.717) is 16.3 Å². The van der Waals surface area contributed by atoms with E-state index in [1.54, 1.807) is 6.07 Å². The Kier molecular flexibility index (Phi) is 5.55. The smallest absolute Gasteiger partial charge is 0.298 e. The first kappa shape index (κ1) is 19.4. The van der Waals surface area contributed by atoms with Crippen molar-refractivity contribution in [2.45, 2.75) is 0 Å². The molecule has 2 aromatic carbocycles. The fourth-order valence-electron chi connectivity index (χ4n) is 2.46. The van der Waals surface area contributed by atoms with E-state index >= 15 is 0 Å². The molecule has 6 nitrogen and oxygen atoms in total. The number of imide groups is 1. The lowest BCUT2D eigenvalue weighted by Crippen LogP contribution is -2.27. The van der Waals surface area contributed by atoms with Gasteiger partial charge in [0.2, 0.25) is 5.75 Å². The third-order valence-electron chi connectivity index (χ3n) is 3.75. The number of halogens is 2. The number of anilines is 1. The number of hydrogen-bond acceptors (Lipinski definition) is 6. The minimum Gasteiger partial charge on any atom is -0.502 e. The number of phenolic OH excluding ortho intramolecular Hbond substituents is 1. The molecule has 2 amide bonds. The molecule has 1 saturated heterocycles. The summed E-state index contributed by atoms with van der Waals surface area (Å²) in [4.78, 5) is 26.3. The molecule has 1 fully saturated rings. The van der Waals surface area contributed by atoms with Gasteiger partial charge >= 0.3 is 0 Å². The zero-order valence-corrected chi connectivity index (χ0v) is 16.5. The first-order valence-electron chi connectivity index (χ1n) is 7.53. The molecule has 0 unspecified atom stereocenters. The van der Waals surface area contributed by atoms with Crippen LogP contribution < -0.4 is 14.4 Å². The zero-order chi connectivity index (χ0) is 19.7. The fourth-order valence-corrected chi connectivity index (χ4v) is 3.60. The average molecular weight is 426 g/mol. The Morgan fingerprint density at radius 3 is 2.22 bits per heavy atom. The molecule has 2 aromatic rings. The van der Waals surface area contributed by atoms with Gasteiger partial charge in [-0.1, -0.05) is 23.2 Å². The van der Waals surface area contributed by atoms with E-state index in [9.17, 15) is 14.7 Å². The minimum atomic E-state index is -0.491. The maximum atomic E-state index is 12.7. The zero-order valence-electron chi connectivity index (χ0n) is 14.2. The van der Waals surface area contributed by atoms with E-state index in [1.807, 2.05) is 0 Å². The van der Waals surface area contributed by atoms with Crippen LogP contribution in [-0.2, 0) is 4.79 Å². The monoisotopic (exact) mass is 425 g/mol. The van der Waals surface area contributed by atoms with Crippen molar-refractivity contribution in [2.24, 2.45) is 0 Å². The van der Waals surface area contributed by atoms with Gasteiger partial charge in [-0.25, -0.2) is 4.90 Å². The highest BCUT2D eigenvalue weighted by Gasteiger charge is 2.36. The molecule has 1 heterocycles. The number of nitrogens with zero attached hydrogens (tertiary/aromatic N) is 1. The van der Waals surface area contributed by atoms with Crippen LogP contribution >= 0.6 is 35.0 Å². The minimum absolute atomic E-state index is 0.152. The molecule has 0 spiro atoms. The number of amides is 2. The third-order valence-corrected chi connectivity index (χ3v) is 5.36. The second kappa shape index (κ2) is 7.72. The van der Waals surface area contributed by atoms with Crippen LogP contribution in [0, 0.1) is 0 Å². The molecule has 0 aromatic heterocycles. The summed E-state index contributed by atoms with van der Waals surface area (Å²) in [6.07, 6.45) is 1.52. The number of aromatic hydroxyl groups is 1. The van der Waals surface area contributed by atoms with Gasteiger partial charge in [-0.3, -0.25) is 9.59 Å². The average Bonchev–Trinajstić information content (AvgIpc) is 2.92. The molecule has 0 radical (unpaired) electrons. The van der Waals surface area contributed by atoms with Gasteiger partial charge in [0.1, 0.15) is 0 Å². The topological polar surface area (TPSA) is 76.1 Å². The second-order valence-electron chi connectivity index (χ2n) is 5.39. The Hall–Kier alpha value is -2.35. The maximum absolute atomic E-state index is 12.7. The summed E-state index contributed by atoms with van der Waals surface area (Å²) >= 11 is 12.7. The SMILES string of the molecule is COc1cc(/C=C2\SC(=O)N(c3ccc(Cl)c(Cl)c3)C2=O)cc(OC)c1O. The summed E-state index contributed by atoms with van der Waals surface area (Å²) in [5.41, 5.74) is 0.859. The normalized spacial score (nSPS) is 15.6. The van der Waals surface area contributed by atoms with Gasteiger partial charge in [0.25, 0.3) is 11.1 Å². The largest absolute Gasteiger partial charge is 0.502 e. The summed E-state index contributed by atoms with van der Waals surface area (Å²) in [5, 5.41) is 10.1. The third kappa shape index (κ3) is 3.71. The van der Waals surface area contributed by atoms with Crippen molar-refractivity contribution in [2.75, 3.05) is 19.1 Å². The first-order valence-corrected chi connectivity index (χ1v) is 9.11. The molecule has 1 aliphatic heterocycles. The van der Waals surface area contributed by atoms with Gasteiger partial charge in [0, 0.05) is 0 Å². The number of benzene rings is 2. The Labute approximate surface area is 169 Å². The van der Waals surface area contributed by atoms with E-state index < -0.39 is 11.1 Å². The fraction of sp³-hybridized carbons (Fsp3) is 0.111. The Bertz CT molecular complexity index is 951. The summed E-state index contributed by atoms with van der Waals surface area (Å²) in [6.45, 7) is 0. The van der Waals surface area contributed by atoms with Gasteiger partial charge in [-0.15, -0.1) is 0 Å². The predicted molar refractivity (Wildman–Crippen MR) is 106 cm³/mol. The van der Waals surface area contributed by atoms with Gasteiger partial charge in [0.05, 0.1) is 34.9 Å². The summed E-state index contributed by atoms with van der Waals surface area (Å²) < 4.78 is 10.2. The van der Waals surface area contributed by atoms with Crippen molar-refractivity contribution in [3.63, 3.8) is 0 Å². The van der Waals surface area contributed by atoms with Gasteiger partial charge in [-0.05, 0) is 53.7 Å². The Balaban J connectivity index is 1.98. The molecule has 3 rings (SSSR count). The first-order chi connectivity index (χ1) is 12.8. The van der Waals surface area contributed by atoms with Crippen molar-refractivity contribution in [3.05, 3.63) is 50.8 Å². The molecule has 0 bridgehead atoms. The lowest BCUT2D eigenvalue weighted by molar-refractivity contribution is -0.113. The number of carbonyl (C=O) groups excluding carboxylic acids is 2. The lowest BCUT2D eigenvalue weighted by atomic mass is 10.1. The van der Waals surface area contributed by atoms with Gasteiger partial charge < -0.3 is 14.6 Å². The highest BCUT2D eigenvalue weighted by atomic mass is 35.5. The van der Waals surface area contributed by atoms with Crippen LogP contribution in [-0.4, -0.2) is 30.5 Å². The van der Waals surface area contributed by atoms with Crippen LogP contribution in [0.1, 0.15) is 5.56 Å². The van der Waals surface area contributed by atoms with Crippen molar-refractivity contribution < 1.29 is 24.2 Å². The molecule has 0 aliphatic carbocycles. The van der Waals surface area contributed by atoms with Crippen molar-refractivity contribution in [1.82, 2.24) is 0 Å². The van der Waals surface area contributed by atoms with E-state index in [0.717, 1.165) is 16.7 Å². The van der Waals surface area contributed by atoms with Gasteiger partial charge in [-0.2, -0.15) is 0 Å². The molecular formula is C18H13Cl2NO5S. The molecular weight excluding hydrogens is 413 g/mol. The van der Waals surface area contributed by atoms with Crippen molar-refractivity contribution >= 4 is 57.9 Å². The number of hydrogen-bond donors (Lipinski definition) is 1. The van der Waals surface area contributed by atoms with Crippen LogP contribution in [0.5, 0.6) is 17.2 Å². The molecule has 1 N–H and O–H groups in total. The summed E-state index contributed by atoms with van der Waals surface area (Å²) in [5.74, 6) is -0.274. The number of ether oxygens (including phenoxy) is 2. The second-order valence-corrected chi connectivity index (χ2v) is 7.20. The molecule has 9 heteroatoms. The number of phenols is 1. The van der Waals surface area contributed by atoms with E-state index in [4.69, 9.17) is 32.7 Å². The van der Waals surface area contributed by atoms with Crippen LogP contribution in [0.2, 0.25) is 10.0 Å². The highest BCUT2D eigenvalue weighted by molar-refractivity contribution is 8.19. The van der Waals surface area contributed by atoms with E-state index in [-0.39, 0.29) is 27.2 Å². The molecule has 0 atom stereocenters. The number of thioether (sulfide) groups is 1. The standard InChI is InChI=1S/C18H13Cl2NO5S/c1-25-13-5-9(6-14(26-2)16(13)22)7-15-17(23)21(18(24)27-15)10-3-4-11(19)12(20)8-10/h3-8,22H,1-2H3/b15-7-. The molecule has 1 aliphatic rings.